The molecule has 2 amide bonds. The first kappa shape index (κ1) is 16.9. The number of piperidine rings is 1. The van der Waals surface area contributed by atoms with Crippen molar-refractivity contribution >= 4 is 21.8 Å². The molecule has 116 valence electrons. The van der Waals surface area contributed by atoms with Gasteiger partial charge in [-0.25, -0.2) is 13.1 Å². The second kappa shape index (κ2) is 7.00. The minimum atomic E-state index is -3.23. The van der Waals surface area contributed by atoms with Crippen LogP contribution < -0.4 is 16.2 Å². The summed E-state index contributed by atoms with van der Waals surface area (Å²) < 4.78 is 24.6. The Morgan fingerprint density at radius 3 is 2.65 bits per heavy atom. The van der Waals surface area contributed by atoms with E-state index in [1.165, 1.54) is 0 Å². The normalized spacial score (nSPS) is 21.5. The summed E-state index contributed by atoms with van der Waals surface area (Å²) in [5, 5.41) is 0. The van der Waals surface area contributed by atoms with Crippen molar-refractivity contribution in [2.75, 3.05) is 25.9 Å². The van der Waals surface area contributed by atoms with Crippen molar-refractivity contribution in [3.05, 3.63) is 0 Å². The van der Waals surface area contributed by atoms with Gasteiger partial charge in [0.05, 0.1) is 18.7 Å². The maximum Gasteiger partial charge on any atom is 0.240 e. The summed E-state index contributed by atoms with van der Waals surface area (Å²) in [4.78, 5) is 24.4. The van der Waals surface area contributed by atoms with E-state index in [1.807, 2.05) is 0 Å². The van der Waals surface area contributed by atoms with Gasteiger partial charge in [-0.3, -0.25) is 9.59 Å². The van der Waals surface area contributed by atoms with E-state index in [9.17, 15) is 18.0 Å². The third-order valence-electron chi connectivity index (χ3n) is 3.20. The molecule has 2 atom stereocenters. The molecule has 8 nitrogen and oxygen atoms in total. The fourth-order valence-electron chi connectivity index (χ4n) is 2.24. The van der Waals surface area contributed by atoms with Crippen LogP contribution in [0.3, 0.4) is 0 Å². The number of rotatable bonds is 6. The van der Waals surface area contributed by atoms with E-state index in [0.29, 0.717) is 19.6 Å². The Hall–Kier alpha value is -1.19. The Balaban J connectivity index is 2.51. The third-order valence-corrected chi connectivity index (χ3v) is 3.89. The Morgan fingerprint density at radius 2 is 2.10 bits per heavy atom. The van der Waals surface area contributed by atoms with Gasteiger partial charge in [0.1, 0.15) is 0 Å². The fraction of sp³-hybridized carbons (Fsp3) is 0.818. The largest absolute Gasteiger partial charge is 0.370 e. The molecule has 1 saturated heterocycles. The standard InChI is InChI=1S/C11H22N4O4S/c1-20(18,19)14-6-8-3-2-4-15(7-8)11(17)9(12)5-10(13)16/h8-9,14H,2-7,12H2,1H3,(H2,13,16). The second-order valence-corrected chi connectivity index (χ2v) is 7.02. The van der Waals surface area contributed by atoms with Crippen LogP contribution in [0, 0.1) is 5.92 Å². The van der Waals surface area contributed by atoms with Crippen molar-refractivity contribution in [3.63, 3.8) is 0 Å². The van der Waals surface area contributed by atoms with Crippen LogP contribution in [0.5, 0.6) is 0 Å². The van der Waals surface area contributed by atoms with Gasteiger partial charge in [0.15, 0.2) is 0 Å². The topological polar surface area (TPSA) is 136 Å². The summed E-state index contributed by atoms with van der Waals surface area (Å²) in [6.07, 6.45) is 2.55. The predicted octanol–water partition coefficient (Wildman–Crippen LogP) is -2.02. The first-order valence-corrected chi connectivity index (χ1v) is 8.35. The van der Waals surface area contributed by atoms with E-state index in [2.05, 4.69) is 4.72 Å². The Labute approximate surface area is 118 Å². The molecule has 1 rings (SSSR count). The lowest BCUT2D eigenvalue weighted by Crippen LogP contribution is -2.50. The number of carbonyl (C=O) groups excluding carboxylic acids is 2. The molecular formula is C11H22N4O4S. The number of sulfonamides is 1. The van der Waals surface area contributed by atoms with E-state index >= 15 is 0 Å². The molecular weight excluding hydrogens is 284 g/mol. The zero-order valence-electron chi connectivity index (χ0n) is 11.5. The summed E-state index contributed by atoms with van der Waals surface area (Å²) in [7, 11) is -3.23. The van der Waals surface area contributed by atoms with Crippen LogP contribution in [0.1, 0.15) is 19.3 Å². The summed E-state index contributed by atoms with van der Waals surface area (Å²) in [6, 6.07) is -0.922. The number of likely N-dealkylation sites (tertiary alicyclic amines) is 1. The fourth-order valence-corrected chi connectivity index (χ4v) is 2.78. The van der Waals surface area contributed by atoms with Gasteiger partial charge in [-0.05, 0) is 18.8 Å². The predicted molar refractivity (Wildman–Crippen MR) is 73.9 cm³/mol. The number of nitrogens with two attached hydrogens (primary N) is 2. The molecule has 1 heterocycles. The maximum absolute atomic E-state index is 12.0. The molecule has 1 fully saturated rings. The van der Waals surface area contributed by atoms with Crippen molar-refractivity contribution < 1.29 is 18.0 Å². The lowest BCUT2D eigenvalue weighted by atomic mass is 9.97. The smallest absolute Gasteiger partial charge is 0.240 e. The molecule has 0 aromatic carbocycles. The van der Waals surface area contributed by atoms with Crippen molar-refractivity contribution in [3.8, 4) is 0 Å². The van der Waals surface area contributed by atoms with Crippen molar-refractivity contribution in [2.24, 2.45) is 17.4 Å². The summed E-state index contributed by atoms with van der Waals surface area (Å²) >= 11 is 0. The van der Waals surface area contributed by atoms with Crippen LogP contribution in [0.15, 0.2) is 0 Å². The first-order valence-electron chi connectivity index (χ1n) is 6.46. The lowest BCUT2D eigenvalue weighted by molar-refractivity contribution is -0.136. The molecule has 0 bridgehead atoms. The van der Waals surface area contributed by atoms with Gasteiger partial charge in [-0.1, -0.05) is 0 Å². The molecule has 20 heavy (non-hydrogen) atoms. The van der Waals surface area contributed by atoms with Crippen LogP contribution >= 0.6 is 0 Å². The van der Waals surface area contributed by atoms with E-state index in [4.69, 9.17) is 11.5 Å². The van der Waals surface area contributed by atoms with Gasteiger partial charge >= 0.3 is 0 Å². The molecule has 0 saturated carbocycles. The molecule has 5 N–H and O–H groups in total. The van der Waals surface area contributed by atoms with Crippen LogP contribution in [0.25, 0.3) is 0 Å². The van der Waals surface area contributed by atoms with Gasteiger partial charge in [0, 0.05) is 19.6 Å². The monoisotopic (exact) mass is 306 g/mol. The average molecular weight is 306 g/mol. The SMILES string of the molecule is CS(=O)(=O)NCC1CCCN(C(=O)C(N)CC(N)=O)C1. The Bertz CT molecular complexity index is 465. The molecule has 1 aliphatic rings. The number of nitrogens with zero attached hydrogens (tertiary/aromatic N) is 1. The quantitative estimate of drug-likeness (QED) is 0.520. The molecule has 9 heteroatoms. The van der Waals surface area contributed by atoms with Crippen LogP contribution in [0.4, 0.5) is 0 Å². The van der Waals surface area contributed by atoms with Crippen LogP contribution in [-0.4, -0.2) is 57.1 Å². The van der Waals surface area contributed by atoms with Crippen LogP contribution in [-0.2, 0) is 19.6 Å². The van der Waals surface area contributed by atoms with E-state index in [0.717, 1.165) is 19.1 Å². The summed E-state index contributed by atoms with van der Waals surface area (Å²) in [5.41, 5.74) is 10.7. The number of hydrogen-bond acceptors (Lipinski definition) is 5. The number of nitrogens with one attached hydrogen (secondary N) is 1. The zero-order valence-corrected chi connectivity index (χ0v) is 12.4. The number of primary amides is 1. The highest BCUT2D eigenvalue weighted by Gasteiger charge is 2.28. The minimum absolute atomic E-state index is 0.0585. The highest BCUT2D eigenvalue weighted by molar-refractivity contribution is 7.88. The molecule has 0 aromatic rings. The molecule has 0 aliphatic carbocycles. The third kappa shape index (κ3) is 5.85. The molecule has 0 spiro atoms. The maximum atomic E-state index is 12.0. The first-order chi connectivity index (χ1) is 9.19. The molecule has 2 unspecified atom stereocenters. The van der Waals surface area contributed by atoms with Crippen molar-refractivity contribution in [2.45, 2.75) is 25.3 Å². The number of amides is 2. The van der Waals surface area contributed by atoms with Crippen molar-refractivity contribution in [1.29, 1.82) is 0 Å². The molecule has 1 aliphatic heterocycles. The second-order valence-electron chi connectivity index (χ2n) is 5.19. The van der Waals surface area contributed by atoms with Gasteiger partial charge in [0.25, 0.3) is 0 Å². The van der Waals surface area contributed by atoms with E-state index in [1.54, 1.807) is 4.90 Å². The van der Waals surface area contributed by atoms with Crippen molar-refractivity contribution in [1.82, 2.24) is 9.62 Å². The summed E-state index contributed by atoms with van der Waals surface area (Å²) in [5.74, 6) is -0.866. The molecule has 0 radical (unpaired) electrons. The highest BCUT2D eigenvalue weighted by Crippen LogP contribution is 2.17. The van der Waals surface area contributed by atoms with Gasteiger partial charge < -0.3 is 16.4 Å². The van der Waals surface area contributed by atoms with Crippen LogP contribution in [0.2, 0.25) is 0 Å². The number of hydrogen-bond donors (Lipinski definition) is 3. The lowest BCUT2D eigenvalue weighted by Gasteiger charge is -2.34. The van der Waals surface area contributed by atoms with E-state index < -0.39 is 22.0 Å². The highest BCUT2D eigenvalue weighted by atomic mass is 32.2. The van der Waals surface area contributed by atoms with Gasteiger partial charge in [-0.15, -0.1) is 0 Å². The van der Waals surface area contributed by atoms with Gasteiger partial charge in [0.2, 0.25) is 21.8 Å². The minimum Gasteiger partial charge on any atom is -0.370 e. The van der Waals surface area contributed by atoms with Gasteiger partial charge in [-0.2, -0.15) is 0 Å². The number of carbonyl (C=O) groups is 2. The summed E-state index contributed by atoms with van der Waals surface area (Å²) in [6.45, 7) is 1.31. The Morgan fingerprint density at radius 1 is 1.45 bits per heavy atom. The van der Waals surface area contributed by atoms with E-state index in [-0.39, 0.29) is 18.2 Å². The average Bonchev–Trinajstić information content (AvgIpc) is 2.34. The Kier molecular flexibility index (Phi) is 5.90. The zero-order chi connectivity index (χ0) is 15.3. The molecule has 0 aromatic heterocycles.